The zero-order valence-electron chi connectivity index (χ0n) is 14.1. The molecule has 1 saturated heterocycles. The molecule has 1 atom stereocenters. The van der Waals surface area contributed by atoms with Crippen LogP contribution in [0.25, 0.3) is 0 Å². The van der Waals surface area contributed by atoms with Gasteiger partial charge in [-0.25, -0.2) is 9.97 Å². The van der Waals surface area contributed by atoms with Gasteiger partial charge in [0.25, 0.3) is 0 Å². The number of likely N-dealkylation sites (N-methyl/N-ethyl adjacent to an activating group) is 1. The molecule has 1 aliphatic rings. The van der Waals surface area contributed by atoms with Crippen LogP contribution < -0.4 is 10.2 Å². The van der Waals surface area contributed by atoms with Crippen molar-refractivity contribution in [2.75, 3.05) is 43.4 Å². The molecule has 0 amide bonds. The summed E-state index contributed by atoms with van der Waals surface area (Å²) in [4.78, 5) is 13.9. The third-order valence-corrected chi connectivity index (χ3v) is 4.24. The summed E-state index contributed by atoms with van der Waals surface area (Å²) in [6, 6.07) is 0.556. The first-order chi connectivity index (χ1) is 10.0. The van der Waals surface area contributed by atoms with Gasteiger partial charge in [-0.05, 0) is 26.3 Å². The van der Waals surface area contributed by atoms with Crippen LogP contribution in [-0.4, -0.2) is 54.1 Å². The van der Waals surface area contributed by atoms with Crippen LogP contribution in [0.1, 0.15) is 45.6 Å². The minimum absolute atomic E-state index is 0.413. The molecule has 1 aromatic heterocycles. The Hall–Kier alpha value is -1.36. The van der Waals surface area contributed by atoms with Crippen LogP contribution in [0.4, 0.5) is 11.6 Å². The predicted molar refractivity (Wildman–Crippen MR) is 89.2 cm³/mol. The minimum atomic E-state index is 0.413. The first kappa shape index (κ1) is 16.0. The van der Waals surface area contributed by atoms with E-state index in [4.69, 9.17) is 0 Å². The summed E-state index contributed by atoms with van der Waals surface area (Å²) in [6.07, 6.45) is 2.80. The lowest BCUT2D eigenvalue weighted by Gasteiger charge is -2.39. The maximum absolute atomic E-state index is 4.61. The summed E-state index contributed by atoms with van der Waals surface area (Å²) in [5.41, 5.74) is 1.25. The van der Waals surface area contributed by atoms with Crippen molar-refractivity contribution < 1.29 is 0 Å². The Bertz CT molecular complexity index is 460. The fraction of sp³-hybridized carbons (Fsp3) is 0.750. The van der Waals surface area contributed by atoms with Crippen molar-refractivity contribution in [3.8, 4) is 0 Å². The molecule has 2 heterocycles. The molecule has 5 heteroatoms. The van der Waals surface area contributed by atoms with Gasteiger partial charge in [0.15, 0.2) is 0 Å². The van der Waals surface area contributed by atoms with Crippen LogP contribution in [-0.2, 0) is 0 Å². The van der Waals surface area contributed by atoms with Gasteiger partial charge in [0.1, 0.15) is 18.0 Å². The highest BCUT2D eigenvalue weighted by Crippen LogP contribution is 2.31. The lowest BCUT2D eigenvalue weighted by atomic mass is 10.0. The number of hydrogen-bond donors (Lipinski definition) is 1. The maximum atomic E-state index is 4.61. The van der Waals surface area contributed by atoms with Crippen molar-refractivity contribution in [2.45, 2.75) is 46.1 Å². The second-order valence-corrected chi connectivity index (χ2v) is 6.32. The van der Waals surface area contributed by atoms with E-state index in [1.165, 1.54) is 5.56 Å². The molecule has 1 N–H and O–H groups in total. The highest BCUT2D eigenvalue weighted by molar-refractivity contribution is 5.60. The summed E-state index contributed by atoms with van der Waals surface area (Å²) >= 11 is 0. The smallest absolute Gasteiger partial charge is 0.137 e. The molecule has 5 nitrogen and oxygen atoms in total. The van der Waals surface area contributed by atoms with Crippen molar-refractivity contribution in [1.82, 2.24) is 14.9 Å². The van der Waals surface area contributed by atoms with E-state index in [0.717, 1.165) is 44.2 Å². The molecule has 0 radical (unpaired) electrons. The third kappa shape index (κ3) is 3.64. The van der Waals surface area contributed by atoms with E-state index >= 15 is 0 Å². The van der Waals surface area contributed by atoms with Gasteiger partial charge in [0, 0.05) is 37.8 Å². The van der Waals surface area contributed by atoms with E-state index in [9.17, 15) is 0 Å². The molecule has 1 fully saturated rings. The van der Waals surface area contributed by atoms with E-state index in [1.807, 2.05) is 0 Å². The Labute approximate surface area is 128 Å². The van der Waals surface area contributed by atoms with E-state index in [2.05, 4.69) is 59.8 Å². The first-order valence-corrected chi connectivity index (χ1v) is 8.08. The highest BCUT2D eigenvalue weighted by Gasteiger charge is 2.25. The Morgan fingerprint density at radius 1 is 1.33 bits per heavy atom. The fourth-order valence-corrected chi connectivity index (χ4v) is 2.79. The summed E-state index contributed by atoms with van der Waals surface area (Å²) < 4.78 is 0. The summed E-state index contributed by atoms with van der Waals surface area (Å²) in [5.74, 6) is 2.53. The molecule has 0 saturated carbocycles. The molecule has 0 spiro atoms. The van der Waals surface area contributed by atoms with Crippen LogP contribution in [0.2, 0.25) is 0 Å². The molecule has 1 aliphatic heterocycles. The Balaban J connectivity index is 2.29. The number of rotatable bonds is 5. The van der Waals surface area contributed by atoms with E-state index < -0.39 is 0 Å². The average molecular weight is 291 g/mol. The van der Waals surface area contributed by atoms with Gasteiger partial charge in [-0.1, -0.05) is 20.8 Å². The van der Waals surface area contributed by atoms with Gasteiger partial charge in [0.2, 0.25) is 0 Å². The second-order valence-electron chi connectivity index (χ2n) is 6.32. The van der Waals surface area contributed by atoms with Gasteiger partial charge in [-0.3, -0.25) is 0 Å². The van der Waals surface area contributed by atoms with Crippen LogP contribution >= 0.6 is 0 Å². The zero-order chi connectivity index (χ0) is 15.4. The standard InChI is InChI=1S/C16H29N5/c1-6-7-17-15-14(12(2)3)16(19-11-18-15)21-9-8-20(5)13(4)10-21/h11-13H,6-10H2,1-5H3,(H,17,18,19). The second kappa shape index (κ2) is 7.07. The molecule has 1 aromatic rings. The number of hydrogen-bond acceptors (Lipinski definition) is 5. The van der Waals surface area contributed by atoms with E-state index in [-0.39, 0.29) is 0 Å². The van der Waals surface area contributed by atoms with Gasteiger partial charge >= 0.3 is 0 Å². The lowest BCUT2D eigenvalue weighted by Crippen LogP contribution is -2.50. The zero-order valence-corrected chi connectivity index (χ0v) is 14.1. The summed E-state index contributed by atoms with van der Waals surface area (Å²) in [6.45, 7) is 13.0. The average Bonchev–Trinajstić information content (AvgIpc) is 2.47. The fourth-order valence-electron chi connectivity index (χ4n) is 2.79. The number of piperazine rings is 1. The van der Waals surface area contributed by atoms with Crippen LogP contribution in [0, 0.1) is 0 Å². The molecular formula is C16H29N5. The Morgan fingerprint density at radius 2 is 2.10 bits per heavy atom. The number of nitrogens with zero attached hydrogens (tertiary/aromatic N) is 4. The number of anilines is 2. The van der Waals surface area contributed by atoms with E-state index in [0.29, 0.717) is 12.0 Å². The summed E-state index contributed by atoms with van der Waals surface area (Å²) in [5, 5.41) is 3.46. The topological polar surface area (TPSA) is 44.3 Å². The Kier molecular flexibility index (Phi) is 5.39. The molecular weight excluding hydrogens is 262 g/mol. The molecule has 0 aliphatic carbocycles. The van der Waals surface area contributed by atoms with Crippen LogP contribution in [0.15, 0.2) is 6.33 Å². The van der Waals surface area contributed by atoms with Gasteiger partial charge in [-0.2, -0.15) is 0 Å². The Morgan fingerprint density at radius 3 is 2.71 bits per heavy atom. The molecule has 1 unspecified atom stereocenters. The lowest BCUT2D eigenvalue weighted by molar-refractivity contribution is 0.233. The largest absolute Gasteiger partial charge is 0.370 e. The molecule has 21 heavy (non-hydrogen) atoms. The maximum Gasteiger partial charge on any atom is 0.137 e. The third-order valence-electron chi connectivity index (χ3n) is 4.24. The molecule has 2 rings (SSSR count). The monoisotopic (exact) mass is 291 g/mol. The molecule has 0 bridgehead atoms. The first-order valence-electron chi connectivity index (χ1n) is 8.08. The van der Waals surface area contributed by atoms with E-state index in [1.54, 1.807) is 6.33 Å². The van der Waals surface area contributed by atoms with Gasteiger partial charge < -0.3 is 15.1 Å². The molecule has 0 aromatic carbocycles. The van der Waals surface area contributed by atoms with Crippen molar-refractivity contribution in [2.24, 2.45) is 0 Å². The van der Waals surface area contributed by atoms with Gasteiger partial charge in [0.05, 0.1) is 0 Å². The molecule has 118 valence electrons. The number of nitrogens with one attached hydrogen (secondary N) is 1. The van der Waals surface area contributed by atoms with Crippen LogP contribution in [0.5, 0.6) is 0 Å². The number of aromatic nitrogens is 2. The minimum Gasteiger partial charge on any atom is -0.370 e. The predicted octanol–water partition coefficient (Wildman–Crippen LogP) is 2.56. The van der Waals surface area contributed by atoms with Crippen molar-refractivity contribution in [1.29, 1.82) is 0 Å². The van der Waals surface area contributed by atoms with Crippen molar-refractivity contribution in [3.05, 3.63) is 11.9 Å². The quantitative estimate of drug-likeness (QED) is 0.903. The van der Waals surface area contributed by atoms with Crippen LogP contribution in [0.3, 0.4) is 0 Å². The van der Waals surface area contributed by atoms with Gasteiger partial charge in [-0.15, -0.1) is 0 Å². The van der Waals surface area contributed by atoms with Crippen molar-refractivity contribution >= 4 is 11.6 Å². The SMILES string of the molecule is CCCNc1ncnc(N2CCN(C)C(C)C2)c1C(C)C. The normalized spacial score (nSPS) is 20.1. The summed E-state index contributed by atoms with van der Waals surface area (Å²) in [7, 11) is 2.19. The highest BCUT2D eigenvalue weighted by atomic mass is 15.3. The van der Waals surface area contributed by atoms with Crippen molar-refractivity contribution in [3.63, 3.8) is 0 Å².